The van der Waals surface area contributed by atoms with Gasteiger partial charge in [-0.1, -0.05) is 24.3 Å². The standard InChI is InChI=1S/C34H32N6O3/c1-22(41)20-24-5-10-27(11-6-24)36-34(42)37-28-12-7-25(8-13-28)32-38-31-21-26(29-4-3-15-35-23(29)2)9-14-30(31)33(39-32)40-16-18-43-19-17-40/h3-15,21H,16-20H2,1-2H3,(H2,36,37,42). The highest BCUT2D eigenvalue weighted by Gasteiger charge is 2.19. The minimum Gasteiger partial charge on any atom is -0.378 e. The second-order valence-corrected chi connectivity index (χ2v) is 10.6. The zero-order chi connectivity index (χ0) is 29.8. The third kappa shape index (κ3) is 6.52. The van der Waals surface area contributed by atoms with E-state index in [2.05, 4.69) is 44.8 Å². The van der Waals surface area contributed by atoms with Crippen LogP contribution in [0, 0.1) is 6.92 Å². The number of nitrogens with one attached hydrogen (secondary N) is 2. The maximum absolute atomic E-state index is 12.6. The fourth-order valence-corrected chi connectivity index (χ4v) is 5.20. The van der Waals surface area contributed by atoms with Crippen LogP contribution in [0.3, 0.4) is 0 Å². The number of Topliss-reactive ketones (excluding diaryl/α,β-unsaturated/α-hetero) is 1. The number of nitrogens with zero attached hydrogens (tertiary/aromatic N) is 4. The lowest BCUT2D eigenvalue weighted by Crippen LogP contribution is -2.37. The van der Waals surface area contributed by atoms with Crippen molar-refractivity contribution in [3.05, 3.63) is 96.3 Å². The second-order valence-electron chi connectivity index (χ2n) is 10.6. The maximum Gasteiger partial charge on any atom is 0.323 e. The topological polar surface area (TPSA) is 109 Å². The number of rotatable bonds is 7. The first-order valence-electron chi connectivity index (χ1n) is 14.3. The molecule has 1 aliphatic heterocycles. The van der Waals surface area contributed by atoms with Gasteiger partial charge in [-0.25, -0.2) is 14.8 Å². The molecule has 2 amide bonds. The fraction of sp³-hybridized carbons (Fsp3) is 0.206. The van der Waals surface area contributed by atoms with Crippen molar-refractivity contribution in [3.8, 4) is 22.5 Å². The van der Waals surface area contributed by atoms with Gasteiger partial charge in [0, 0.05) is 59.3 Å². The van der Waals surface area contributed by atoms with Crippen LogP contribution < -0.4 is 15.5 Å². The molecule has 1 saturated heterocycles. The molecule has 2 N–H and O–H groups in total. The minimum atomic E-state index is -0.359. The molecular formula is C34H32N6O3. The van der Waals surface area contributed by atoms with Crippen molar-refractivity contribution in [2.45, 2.75) is 20.3 Å². The summed E-state index contributed by atoms with van der Waals surface area (Å²) in [7, 11) is 0. The summed E-state index contributed by atoms with van der Waals surface area (Å²) < 4.78 is 5.60. The Morgan fingerprint density at radius 2 is 1.53 bits per heavy atom. The van der Waals surface area contributed by atoms with Gasteiger partial charge in [0.1, 0.15) is 11.6 Å². The number of aryl methyl sites for hydroxylation is 1. The Kier molecular flexibility index (Phi) is 8.06. The van der Waals surface area contributed by atoms with Gasteiger partial charge >= 0.3 is 6.03 Å². The van der Waals surface area contributed by atoms with Crippen LogP contribution >= 0.6 is 0 Å². The highest BCUT2D eigenvalue weighted by atomic mass is 16.5. The fourth-order valence-electron chi connectivity index (χ4n) is 5.20. The number of morpholine rings is 1. The predicted molar refractivity (Wildman–Crippen MR) is 169 cm³/mol. The smallest absolute Gasteiger partial charge is 0.323 e. The zero-order valence-corrected chi connectivity index (χ0v) is 24.1. The van der Waals surface area contributed by atoms with Gasteiger partial charge in [-0.05, 0) is 79.6 Å². The van der Waals surface area contributed by atoms with E-state index in [-0.39, 0.29) is 11.8 Å². The van der Waals surface area contributed by atoms with Gasteiger partial charge in [0.05, 0.1) is 18.7 Å². The van der Waals surface area contributed by atoms with Gasteiger partial charge in [-0.3, -0.25) is 9.78 Å². The van der Waals surface area contributed by atoms with Crippen molar-refractivity contribution in [1.29, 1.82) is 0 Å². The van der Waals surface area contributed by atoms with Crippen LogP contribution in [0.4, 0.5) is 22.0 Å². The SMILES string of the molecule is CC(=O)Cc1ccc(NC(=O)Nc2ccc(-c3nc(N4CCOCC4)c4ccc(-c5cccnc5C)cc4n3)cc2)cc1. The van der Waals surface area contributed by atoms with E-state index >= 15 is 0 Å². The number of hydrogen-bond donors (Lipinski definition) is 2. The van der Waals surface area contributed by atoms with Gasteiger partial charge in [-0.2, -0.15) is 0 Å². The number of benzene rings is 3. The summed E-state index contributed by atoms with van der Waals surface area (Å²) in [6, 6.07) is 24.7. The molecule has 0 bridgehead atoms. The van der Waals surface area contributed by atoms with E-state index in [1.807, 2.05) is 49.4 Å². The van der Waals surface area contributed by atoms with Crippen molar-refractivity contribution in [2.75, 3.05) is 41.8 Å². The van der Waals surface area contributed by atoms with E-state index in [0.717, 1.165) is 57.8 Å². The van der Waals surface area contributed by atoms with Gasteiger partial charge in [0.15, 0.2) is 5.82 Å². The summed E-state index contributed by atoms with van der Waals surface area (Å²) in [5.74, 6) is 1.59. The third-order valence-electron chi connectivity index (χ3n) is 7.37. The van der Waals surface area contributed by atoms with E-state index < -0.39 is 0 Å². The van der Waals surface area contributed by atoms with Crippen molar-refractivity contribution >= 4 is 39.9 Å². The summed E-state index contributed by atoms with van der Waals surface area (Å²) in [5.41, 5.74) is 6.95. The molecule has 9 nitrogen and oxygen atoms in total. The number of carbonyl (C=O) groups excluding carboxylic acids is 2. The zero-order valence-electron chi connectivity index (χ0n) is 24.1. The summed E-state index contributed by atoms with van der Waals surface area (Å²) >= 11 is 0. The molecule has 0 radical (unpaired) electrons. The van der Waals surface area contributed by atoms with Gasteiger partial charge < -0.3 is 20.3 Å². The molecule has 0 spiro atoms. The van der Waals surface area contributed by atoms with Crippen LogP contribution in [-0.2, 0) is 16.0 Å². The number of fused-ring (bicyclic) bond motifs is 1. The van der Waals surface area contributed by atoms with E-state index in [0.29, 0.717) is 36.8 Å². The molecule has 3 heterocycles. The lowest BCUT2D eigenvalue weighted by atomic mass is 10.0. The maximum atomic E-state index is 12.6. The first-order chi connectivity index (χ1) is 20.9. The number of ketones is 1. The number of pyridine rings is 1. The molecule has 9 heteroatoms. The quantitative estimate of drug-likeness (QED) is 0.236. The number of anilines is 3. The molecule has 5 aromatic rings. The van der Waals surface area contributed by atoms with Gasteiger partial charge in [0.2, 0.25) is 0 Å². The Morgan fingerprint density at radius 3 is 2.21 bits per heavy atom. The number of aromatic nitrogens is 3. The van der Waals surface area contributed by atoms with Crippen molar-refractivity contribution in [1.82, 2.24) is 15.0 Å². The molecule has 43 heavy (non-hydrogen) atoms. The summed E-state index contributed by atoms with van der Waals surface area (Å²) in [6.45, 7) is 6.38. The molecule has 0 atom stereocenters. The molecule has 0 aliphatic carbocycles. The lowest BCUT2D eigenvalue weighted by molar-refractivity contribution is -0.116. The van der Waals surface area contributed by atoms with Crippen LogP contribution in [-0.4, -0.2) is 53.1 Å². The van der Waals surface area contributed by atoms with Crippen LogP contribution in [0.1, 0.15) is 18.2 Å². The first-order valence-corrected chi connectivity index (χ1v) is 14.3. The normalized spacial score (nSPS) is 13.1. The highest BCUT2D eigenvalue weighted by molar-refractivity contribution is 6.00. The number of ether oxygens (including phenoxy) is 1. The molecule has 1 aliphatic rings. The summed E-state index contributed by atoms with van der Waals surface area (Å²) in [6.07, 6.45) is 2.17. The van der Waals surface area contributed by atoms with Crippen molar-refractivity contribution in [2.24, 2.45) is 0 Å². The molecule has 2 aromatic heterocycles. The van der Waals surface area contributed by atoms with E-state index in [4.69, 9.17) is 14.7 Å². The Hall–Kier alpha value is -5.15. The van der Waals surface area contributed by atoms with E-state index in [1.165, 1.54) is 0 Å². The number of urea groups is 1. The highest BCUT2D eigenvalue weighted by Crippen LogP contribution is 2.32. The predicted octanol–water partition coefficient (Wildman–Crippen LogP) is 6.28. The van der Waals surface area contributed by atoms with Crippen molar-refractivity contribution in [3.63, 3.8) is 0 Å². The summed E-state index contributed by atoms with van der Waals surface area (Å²) in [4.78, 5) is 40.6. The Morgan fingerprint density at radius 1 is 0.860 bits per heavy atom. The average molecular weight is 573 g/mol. The second kappa shape index (κ2) is 12.4. The Balaban J connectivity index is 1.25. The first kappa shape index (κ1) is 28.0. The van der Waals surface area contributed by atoms with Crippen LogP contribution in [0.25, 0.3) is 33.4 Å². The Bertz CT molecular complexity index is 1780. The molecule has 0 saturated carbocycles. The van der Waals surface area contributed by atoms with Crippen molar-refractivity contribution < 1.29 is 14.3 Å². The molecule has 3 aromatic carbocycles. The number of amides is 2. The van der Waals surface area contributed by atoms with Gasteiger partial charge in [-0.15, -0.1) is 0 Å². The molecule has 0 unspecified atom stereocenters. The average Bonchev–Trinajstić information content (AvgIpc) is 3.02. The molecule has 216 valence electrons. The number of hydrogen-bond acceptors (Lipinski definition) is 7. The van der Waals surface area contributed by atoms with E-state index in [1.54, 1.807) is 25.3 Å². The van der Waals surface area contributed by atoms with Gasteiger partial charge in [0.25, 0.3) is 0 Å². The molecular weight excluding hydrogens is 540 g/mol. The molecule has 6 rings (SSSR count). The lowest BCUT2D eigenvalue weighted by Gasteiger charge is -2.29. The summed E-state index contributed by atoms with van der Waals surface area (Å²) in [5, 5.41) is 6.68. The van der Waals surface area contributed by atoms with E-state index in [9.17, 15) is 9.59 Å². The third-order valence-corrected chi connectivity index (χ3v) is 7.37. The number of carbonyl (C=O) groups is 2. The van der Waals surface area contributed by atoms with Crippen LogP contribution in [0.2, 0.25) is 0 Å². The molecule has 1 fully saturated rings. The minimum absolute atomic E-state index is 0.0953. The van der Waals surface area contributed by atoms with Crippen LogP contribution in [0.5, 0.6) is 0 Å². The monoisotopic (exact) mass is 572 g/mol. The Labute approximate surface area is 250 Å². The largest absolute Gasteiger partial charge is 0.378 e. The van der Waals surface area contributed by atoms with Crippen LogP contribution in [0.15, 0.2) is 85.1 Å².